The highest BCUT2D eigenvalue weighted by Crippen LogP contribution is 2.24. The van der Waals surface area contributed by atoms with Crippen LogP contribution in [0.2, 0.25) is 0 Å². The van der Waals surface area contributed by atoms with Crippen LogP contribution in [0.3, 0.4) is 0 Å². The third-order valence-corrected chi connectivity index (χ3v) is 4.38. The molecule has 3 rings (SSSR count). The molecule has 0 aliphatic carbocycles. The third-order valence-electron chi connectivity index (χ3n) is 2.90. The maximum absolute atomic E-state index is 12.1. The summed E-state index contributed by atoms with van der Waals surface area (Å²) in [6.45, 7) is 0.0276. The van der Waals surface area contributed by atoms with Gasteiger partial charge in [0.2, 0.25) is 11.7 Å². The maximum atomic E-state index is 12.1. The van der Waals surface area contributed by atoms with Crippen molar-refractivity contribution in [3.63, 3.8) is 0 Å². The van der Waals surface area contributed by atoms with Crippen LogP contribution < -0.4 is 5.32 Å². The number of carbonyl (C=O) groups is 1. The molecule has 3 aromatic rings. The van der Waals surface area contributed by atoms with Crippen molar-refractivity contribution in [1.29, 1.82) is 0 Å². The van der Waals surface area contributed by atoms with Gasteiger partial charge in [0, 0.05) is 15.8 Å². The van der Waals surface area contributed by atoms with Crippen molar-refractivity contribution in [3.8, 4) is 11.4 Å². The number of para-hydroxylation sites is 1. The number of tetrazole rings is 1. The normalized spacial score (nSPS) is 10.6. The molecule has 0 fully saturated rings. The van der Waals surface area contributed by atoms with Crippen molar-refractivity contribution in [2.45, 2.75) is 11.4 Å². The molecule has 112 valence electrons. The van der Waals surface area contributed by atoms with Gasteiger partial charge in [0.15, 0.2) is 0 Å². The number of thioether (sulfide) groups is 1. The number of amides is 1. The predicted octanol–water partition coefficient (Wildman–Crippen LogP) is 2.76. The molecule has 0 radical (unpaired) electrons. The van der Waals surface area contributed by atoms with E-state index in [1.807, 2.05) is 47.3 Å². The highest BCUT2D eigenvalue weighted by Gasteiger charge is 2.11. The van der Waals surface area contributed by atoms with Gasteiger partial charge in [-0.1, -0.05) is 12.1 Å². The van der Waals surface area contributed by atoms with Gasteiger partial charge in [-0.05, 0) is 35.0 Å². The number of anilines is 1. The van der Waals surface area contributed by atoms with Crippen molar-refractivity contribution >= 4 is 34.7 Å². The second kappa shape index (κ2) is 6.71. The molecule has 0 aliphatic heterocycles. The van der Waals surface area contributed by atoms with Crippen LogP contribution in [0.15, 0.2) is 46.0 Å². The van der Waals surface area contributed by atoms with Gasteiger partial charge in [-0.25, -0.2) is 0 Å². The third kappa shape index (κ3) is 3.34. The molecular formula is C14H13N5OS2. The van der Waals surface area contributed by atoms with Crippen LogP contribution in [0.4, 0.5) is 5.69 Å². The maximum Gasteiger partial charge on any atom is 0.248 e. The number of benzene rings is 1. The number of hydrogen-bond acceptors (Lipinski definition) is 6. The number of carbonyl (C=O) groups excluding carboxylic acids is 1. The van der Waals surface area contributed by atoms with E-state index in [1.165, 1.54) is 4.80 Å². The Morgan fingerprint density at radius 2 is 2.23 bits per heavy atom. The average Bonchev–Trinajstić information content (AvgIpc) is 3.18. The van der Waals surface area contributed by atoms with Crippen LogP contribution in [0.1, 0.15) is 0 Å². The van der Waals surface area contributed by atoms with Crippen molar-refractivity contribution < 1.29 is 4.79 Å². The molecule has 1 N–H and O–H groups in total. The largest absolute Gasteiger partial charge is 0.323 e. The lowest BCUT2D eigenvalue weighted by atomic mass is 10.3. The Hall–Kier alpha value is -2.19. The first kappa shape index (κ1) is 14.7. The average molecular weight is 331 g/mol. The summed E-state index contributed by atoms with van der Waals surface area (Å²) in [5.41, 5.74) is 1.70. The van der Waals surface area contributed by atoms with Crippen LogP contribution in [-0.2, 0) is 11.3 Å². The topological polar surface area (TPSA) is 72.7 Å². The second-order valence-electron chi connectivity index (χ2n) is 4.40. The molecule has 0 saturated heterocycles. The van der Waals surface area contributed by atoms with Crippen molar-refractivity contribution in [1.82, 2.24) is 20.2 Å². The summed E-state index contributed by atoms with van der Waals surface area (Å²) in [7, 11) is 0. The number of nitrogens with one attached hydrogen (secondary N) is 1. The lowest BCUT2D eigenvalue weighted by Crippen LogP contribution is -2.20. The highest BCUT2D eigenvalue weighted by atomic mass is 32.2. The monoisotopic (exact) mass is 331 g/mol. The summed E-state index contributed by atoms with van der Waals surface area (Å²) >= 11 is 3.15. The van der Waals surface area contributed by atoms with E-state index in [1.54, 1.807) is 23.1 Å². The van der Waals surface area contributed by atoms with E-state index >= 15 is 0 Å². The molecule has 0 spiro atoms. The van der Waals surface area contributed by atoms with Gasteiger partial charge in [0.05, 0.1) is 5.69 Å². The van der Waals surface area contributed by atoms with Crippen LogP contribution in [-0.4, -0.2) is 32.4 Å². The molecule has 2 heterocycles. The molecule has 22 heavy (non-hydrogen) atoms. The molecule has 0 unspecified atom stereocenters. The summed E-state index contributed by atoms with van der Waals surface area (Å²) in [5.74, 6) is 0.342. The zero-order valence-electron chi connectivity index (χ0n) is 11.8. The van der Waals surface area contributed by atoms with E-state index in [0.717, 1.165) is 16.1 Å². The quantitative estimate of drug-likeness (QED) is 0.728. The van der Waals surface area contributed by atoms with E-state index in [9.17, 15) is 4.79 Å². The van der Waals surface area contributed by atoms with E-state index in [2.05, 4.69) is 20.7 Å². The van der Waals surface area contributed by atoms with Gasteiger partial charge in [0.1, 0.15) is 6.54 Å². The molecule has 0 atom stereocenters. The standard InChI is InChI=1S/C14H13N5OS2/c1-21-12-5-3-2-4-11(12)15-13(20)8-19-17-14(16-18-19)10-6-7-22-9-10/h2-7,9H,8H2,1H3,(H,15,20). The molecule has 0 aliphatic rings. The highest BCUT2D eigenvalue weighted by molar-refractivity contribution is 7.98. The molecule has 1 amide bonds. The molecule has 2 aromatic heterocycles. The van der Waals surface area contributed by atoms with E-state index in [0.29, 0.717) is 5.82 Å². The number of hydrogen-bond donors (Lipinski definition) is 1. The molecule has 0 saturated carbocycles. The first-order chi connectivity index (χ1) is 10.8. The first-order valence-electron chi connectivity index (χ1n) is 6.49. The van der Waals surface area contributed by atoms with Crippen molar-refractivity contribution in [2.75, 3.05) is 11.6 Å². The summed E-state index contributed by atoms with van der Waals surface area (Å²) in [6.07, 6.45) is 1.97. The minimum Gasteiger partial charge on any atom is -0.323 e. The van der Waals surface area contributed by atoms with Crippen LogP contribution in [0.25, 0.3) is 11.4 Å². The molecular weight excluding hydrogens is 318 g/mol. The number of thiophene rings is 1. The SMILES string of the molecule is CSc1ccccc1NC(=O)Cn1nnc(-c2ccsc2)n1. The Kier molecular flexibility index (Phi) is 4.50. The van der Waals surface area contributed by atoms with Gasteiger partial charge in [-0.3, -0.25) is 4.79 Å². The summed E-state index contributed by atoms with van der Waals surface area (Å²) < 4.78 is 0. The Balaban J connectivity index is 1.67. The molecule has 0 bridgehead atoms. The zero-order chi connectivity index (χ0) is 15.4. The van der Waals surface area contributed by atoms with Gasteiger partial charge >= 0.3 is 0 Å². The van der Waals surface area contributed by atoms with Gasteiger partial charge in [-0.2, -0.15) is 16.1 Å². The van der Waals surface area contributed by atoms with Crippen LogP contribution in [0, 0.1) is 0 Å². The molecule has 8 heteroatoms. The fourth-order valence-corrected chi connectivity index (χ4v) is 3.07. The summed E-state index contributed by atoms with van der Waals surface area (Å²) in [6, 6.07) is 9.57. The van der Waals surface area contributed by atoms with E-state index < -0.39 is 0 Å². The van der Waals surface area contributed by atoms with Gasteiger partial charge in [-0.15, -0.1) is 22.0 Å². The van der Waals surface area contributed by atoms with Crippen molar-refractivity contribution in [3.05, 3.63) is 41.1 Å². The fourth-order valence-electron chi connectivity index (χ4n) is 1.88. The summed E-state index contributed by atoms with van der Waals surface area (Å²) in [4.78, 5) is 14.4. The summed E-state index contributed by atoms with van der Waals surface area (Å²) in [5, 5.41) is 18.8. The smallest absolute Gasteiger partial charge is 0.248 e. The van der Waals surface area contributed by atoms with E-state index in [4.69, 9.17) is 0 Å². The molecule has 6 nitrogen and oxygen atoms in total. The first-order valence-corrected chi connectivity index (χ1v) is 8.66. The Labute approximate surface area is 135 Å². The van der Waals surface area contributed by atoms with E-state index in [-0.39, 0.29) is 12.5 Å². The minimum atomic E-state index is -0.184. The lowest BCUT2D eigenvalue weighted by molar-refractivity contribution is -0.117. The fraction of sp³-hybridized carbons (Fsp3) is 0.143. The Morgan fingerprint density at radius 3 is 3.00 bits per heavy atom. The number of rotatable bonds is 5. The van der Waals surface area contributed by atoms with Crippen molar-refractivity contribution in [2.24, 2.45) is 0 Å². The minimum absolute atomic E-state index is 0.0276. The Morgan fingerprint density at radius 1 is 1.36 bits per heavy atom. The number of nitrogens with zero attached hydrogens (tertiary/aromatic N) is 4. The van der Waals surface area contributed by atoms with Gasteiger partial charge in [0.25, 0.3) is 0 Å². The van der Waals surface area contributed by atoms with Crippen LogP contribution >= 0.6 is 23.1 Å². The number of aromatic nitrogens is 4. The zero-order valence-corrected chi connectivity index (χ0v) is 13.4. The molecule has 1 aromatic carbocycles. The predicted molar refractivity (Wildman–Crippen MR) is 88.0 cm³/mol. The van der Waals surface area contributed by atoms with Gasteiger partial charge < -0.3 is 5.32 Å². The lowest BCUT2D eigenvalue weighted by Gasteiger charge is -2.08. The second-order valence-corrected chi connectivity index (χ2v) is 6.03. The Bertz CT molecular complexity index is 769. The van der Waals surface area contributed by atoms with Crippen LogP contribution in [0.5, 0.6) is 0 Å².